The third-order valence-corrected chi connectivity index (χ3v) is 2.70. The van der Waals surface area contributed by atoms with Crippen LogP contribution in [0.25, 0.3) is 0 Å². The van der Waals surface area contributed by atoms with Gasteiger partial charge in [0.05, 0.1) is 19.0 Å². The van der Waals surface area contributed by atoms with Gasteiger partial charge in [-0.15, -0.1) is 0 Å². The van der Waals surface area contributed by atoms with Gasteiger partial charge in [-0.3, -0.25) is 9.78 Å². The summed E-state index contributed by atoms with van der Waals surface area (Å²) in [7, 11) is 1.74. The second kappa shape index (κ2) is 5.58. The van der Waals surface area contributed by atoms with Crippen molar-refractivity contribution in [2.75, 3.05) is 32.1 Å². The molecule has 0 bridgehead atoms. The highest BCUT2D eigenvalue weighted by Gasteiger charge is 2.17. The van der Waals surface area contributed by atoms with Gasteiger partial charge in [-0.05, 0) is 6.42 Å². The average Bonchev–Trinajstić information content (AvgIpc) is 2.89. The fraction of sp³-hybridized carbons (Fsp3) is 0.545. The van der Waals surface area contributed by atoms with Crippen LogP contribution in [0.15, 0.2) is 12.4 Å². The molecule has 1 aliphatic heterocycles. The molecule has 0 spiro atoms. The van der Waals surface area contributed by atoms with Crippen molar-refractivity contribution >= 4 is 11.7 Å². The van der Waals surface area contributed by atoms with E-state index in [9.17, 15) is 4.79 Å². The number of aromatic nitrogens is 2. The Labute approximate surface area is 99.8 Å². The molecule has 2 N–H and O–H groups in total. The SMILES string of the molecule is CNc1cncc(C(=O)NCC2CCOC2)n1. The lowest BCUT2D eigenvalue weighted by atomic mass is 10.1. The first-order valence-electron chi connectivity index (χ1n) is 5.65. The number of amides is 1. The van der Waals surface area contributed by atoms with Crippen molar-refractivity contribution in [1.29, 1.82) is 0 Å². The molecule has 1 aromatic heterocycles. The van der Waals surface area contributed by atoms with Gasteiger partial charge in [-0.25, -0.2) is 4.98 Å². The molecule has 1 atom stereocenters. The zero-order valence-corrected chi connectivity index (χ0v) is 9.77. The lowest BCUT2D eigenvalue weighted by molar-refractivity contribution is 0.0939. The molecule has 0 aromatic carbocycles. The molecule has 0 saturated carbocycles. The summed E-state index contributed by atoms with van der Waals surface area (Å²) < 4.78 is 5.24. The van der Waals surface area contributed by atoms with Crippen LogP contribution >= 0.6 is 0 Å². The molecule has 1 fully saturated rings. The van der Waals surface area contributed by atoms with Crippen LogP contribution in [0, 0.1) is 5.92 Å². The van der Waals surface area contributed by atoms with Gasteiger partial charge >= 0.3 is 0 Å². The Kier molecular flexibility index (Phi) is 3.87. The van der Waals surface area contributed by atoms with Crippen LogP contribution in [0.2, 0.25) is 0 Å². The van der Waals surface area contributed by atoms with E-state index >= 15 is 0 Å². The van der Waals surface area contributed by atoms with Crippen molar-refractivity contribution in [3.63, 3.8) is 0 Å². The summed E-state index contributed by atoms with van der Waals surface area (Å²) in [6, 6.07) is 0. The molecule has 1 unspecified atom stereocenters. The van der Waals surface area contributed by atoms with Crippen molar-refractivity contribution in [1.82, 2.24) is 15.3 Å². The summed E-state index contributed by atoms with van der Waals surface area (Å²) >= 11 is 0. The van der Waals surface area contributed by atoms with E-state index in [2.05, 4.69) is 20.6 Å². The summed E-state index contributed by atoms with van der Waals surface area (Å²) in [6.07, 6.45) is 4.03. The molecule has 2 heterocycles. The van der Waals surface area contributed by atoms with Crippen molar-refractivity contribution in [2.45, 2.75) is 6.42 Å². The molecule has 0 radical (unpaired) electrons. The second-order valence-corrected chi connectivity index (χ2v) is 3.98. The number of hydrogen-bond acceptors (Lipinski definition) is 5. The van der Waals surface area contributed by atoms with E-state index in [1.165, 1.54) is 6.20 Å². The fourth-order valence-electron chi connectivity index (χ4n) is 1.67. The van der Waals surface area contributed by atoms with Gasteiger partial charge in [0.15, 0.2) is 0 Å². The standard InChI is InChI=1S/C11H16N4O2/c1-12-10-6-13-5-9(15-10)11(16)14-4-8-2-3-17-7-8/h5-6,8H,2-4,7H2,1H3,(H,12,15)(H,14,16). The zero-order valence-electron chi connectivity index (χ0n) is 9.77. The van der Waals surface area contributed by atoms with Crippen LogP contribution in [-0.2, 0) is 4.74 Å². The van der Waals surface area contributed by atoms with Gasteiger partial charge in [0.25, 0.3) is 5.91 Å². The van der Waals surface area contributed by atoms with Crippen molar-refractivity contribution in [3.8, 4) is 0 Å². The smallest absolute Gasteiger partial charge is 0.271 e. The maximum atomic E-state index is 11.8. The van der Waals surface area contributed by atoms with Crippen LogP contribution < -0.4 is 10.6 Å². The van der Waals surface area contributed by atoms with Crippen LogP contribution in [0.1, 0.15) is 16.9 Å². The van der Waals surface area contributed by atoms with Gasteiger partial charge in [-0.2, -0.15) is 0 Å². The Balaban J connectivity index is 1.89. The highest BCUT2D eigenvalue weighted by Crippen LogP contribution is 2.10. The lowest BCUT2D eigenvalue weighted by Gasteiger charge is -2.09. The highest BCUT2D eigenvalue weighted by molar-refractivity contribution is 5.92. The molecule has 0 aliphatic carbocycles. The minimum Gasteiger partial charge on any atom is -0.381 e. The maximum Gasteiger partial charge on any atom is 0.271 e. The number of carbonyl (C=O) groups is 1. The van der Waals surface area contributed by atoms with Crippen molar-refractivity contribution < 1.29 is 9.53 Å². The normalized spacial score (nSPS) is 19.0. The van der Waals surface area contributed by atoms with Gasteiger partial charge in [0, 0.05) is 26.1 Å². The fourth-order valence-corrected chi connectivity index (χ4v) is 1.67. The first kappa shape index (κ1) is 11.8. The molecule has 1 aromatic rings. The summed E-state index contributed by atoms with van der Waals surface area (Å²) in [4.78, 5) is 19.9. The predicted octanol–water partition coefficient (Wildman–Crippen LogP) is 0.285. The molecule has 6 nitrogen and oxygen atoms in total. The quantitative estimate of drug-likeness (QED) is 0.785. The van der Waals surface area contributed by atoms with Crippen LogP contribution in [0.3, 0.4) is 0 Å². The lowest BCUT2D eigenvalue weighted by Crippen LogP contribution is -2.30. The van der Waals surface area contributed by atoms with Gasteiger partial charge in [0.1, 0.15) is 11.5 Å². The zero-order chi connectivity index (χ0) is 12.1. The second-order valence-electron chi connectivity index (χ2n) is 3.98. The van der Waals surface area contributed by atoms with Gasteiger partial charge in [0.2, 0.25) is 0 Å². The number of rotatable bonds is 4. The average molecular weight is 236 g/mol. The van der Waals surface area contributed by atoms with E-state index in [1.807, 2.05) is 0 Å². The molecular formula is C11H16N4O2. The van der Waals surface area contributed by atoms with E-state index in [1.54, 1.807) is 13.2 Å². The monoisotopic (exact) mass is 236 g/mol. The Morgan fingerprint density at radius 3 is 3.18 bits per heavy atom. The summed E-state index contributed by atoms with van der Waals surface area (Å²) in [5.74, 6) is 0.808. The Morgan fingerprint density at radius 2 is 2.47 bits per heavy atom. The molecule has 1 aliphatic rings. The molecular weight excluding hydrogens is 220 g/mol. The Morgan fingerprint density at radius 1 is 1.59 bits per heavy atom. The summed E-state index contributed by atoms with van der Waals surface area (Å²) in [5.41, 5.74) is 0.329. The first-order chi connectivity index (χ1) is 8.29. The van der Waals surface area contributed by atoms with Gasteiger partial charge < -0.3 is 15.4 Å². The van der Waals surface area contributed by atoms with E-state index in [0.29, 0.717) is 24.0 Å². The van der Waals surface area contributed by atoms with Crippen LogP contribution in [0.5, 0.6) is 0 Å². The molecule has 17 heavy (non-hydrogen) atoms. The third kappa shape index (κ3) is 3.13. The van der Waals surface area contributed by atoms with Crippen LogP contribution in [0.4, 0.5) is 5.82 Å². The van der Waals surface area contributed by atoms with Crippen LogP contribution in [-0.4, -0.2) is 42.7 Å². The summed E-state index contributed by atoms with van der Waals surface area (Å²) in [5, 5.41) is 5.69. The molecule has 1 saturated heterocycles. The third-order valence-electron chi connectivity index (χ3n) is 2.70. The topological polar surface area (TPSA) is 76.1 Å². The summed E-state index contributed by atoms with van der Waals surface area (Å²) in [6.45, 7) is 2.14. The largest absolute Gasteiger partial charge is 0.381 e. The minimum absolute atomic E-state index is 0.193. The number of nitrogens with one attached hydrogen (secondary N) is 2. The Bertz CT molecular complexity index is 391. The number of nitrogens with zero attached hydrogens (tertiary/aromatic N) is 2. The Hall–Kier alpha value is -1.69. The van der Waals surface area contributed by atoms with Gasteiger partial charge in [-0.1, -0.05) is 0 Å². The number of carbonyl (C=O) groups excluding carboxylic acids is 1. The molecule has 2 rings (SSSR count). The number of hydrogen-bond donors (Lipinski definition) is 2. The molecule has 6 heteroatoms. The highest BCUT2D eigenvalue weighted by atomic mass is 16.5. The van der Waals surface area contributed by atoms with E-state index in [-0.39, 0.29) is 5.91 Å². The van der Waals surface area contributed by atoms with E-state index in [4.69, 9.17) is 4.74 Å². The van der Waals surface area contributed by atoms with E-state index < -0.39 is 0 Å². The van der Waals surface area contributed by atoms with E-state index in [0.717, 1.165) is 19.6 Å². The van der Waals surface area contributed by atoms with Crippen molar-refractivity contribution in [2.24, 2.45) is 5.92 Å². The molecule has 92 valence electrons. The first-order valence-corrected chi connectivity index (χ1v) is 5.65. The predicted molar refractivity (Wildman–Crippen MR) is 62.8 cm³/mol. The molecule has 1 amide bonds. The number of ether oxygens (including phenoxy) is 1. The van der Waals surface area contributed by atoms with Crippen molar-refractivity contribution in [3.05, 3.63) is 18.1 Å². The maximum absolute atomic E-state index is 11.8. The minimum atomic E-state index is -0.193. The number of anilines is 1.